The van der Waals surface area contributed by atoms with Gasteiger partial charge in [-0.2, -0.15) is 5.10 Å². The average Bonchev–Trinajstić information content (AvgIpc) is 3.51. The summed E-state index contributed by atoms with van der Waals surface area (Å²) >= 11 is 13.8. The number of rotatable bonds is 6. The van der Waals surface area contributed by atoms with E-state index in [1.807, 2.05) is 72.1 Å². The van der Waals surface area contributed by atoms with E-state index in [0.29, 0.717) is 26.3 Å². The Labute approximate surface area is 209 Å². The van der Waals surface area contributed by atoms with Crippen molar-refractivity contribution < 1.29 is 9.15 Å². The molecule has 0 amide bonds. The molecule has 0 aliphatic rings. The number of benzene rings is 3. The van der Waals surface area contributed by atoms with Gasteiger partial charge in [0.15, 0.2) is 5.76 Å². The van der Waals surface area contributed by atoms with E-state index in [-0.39, 0.29) is 0 Å². The van der Waals surface area contributed by atoms with Crippen molar-refractivity contribution in [2.75, 3.05) is 0 Å². The number of halogens is 2. The Morgan fingerprint density at radius 2 is 1.68 bits per heavy atom. The molecule has 0 saturated carbocycles. The molecule has 34 heavy (non-hydrogen) atoms. The van der Waals surface area contributed by atoms with Crippen molar-refractivity contribution >= 4 is 46.4 Å². The predicted octanol–water partition coefficient (Wildman–Crippen LogP) is 8.02. The number of hydrogen-bond acceptors (Lipinski definition) is 5. The maximum Gasteiger partial charge on any atom is 0.211 e. The first kappa shape index (κ1) is 22.2. The summed E-state index contributed by atoms with van der Waals surface area (Å²) in [6, 6.07) is 26.2. The summed E-state index contributed by atoms with van der Waals surface area (Å²) in [5, 5.41) is 7.64. The second kappa shape index (κ2) is 10.1. The summed E-state index contributed by atoms with van der Waals surface area (Å²) < 4.78 is 13.2. The van der Waals surface area contributed by atoms with Crippen LogP contribution in [0.15, 0.2) is 111 Å². The molecule has 8 heteroatoms. The highest BCUT2D eigenvalue weighted by molar-refractivity contribution is 7.07. The van der Waals surface area contributed by atoms with Crippen molar-refractivity contribution in [3.05, 3.63) is 117 Å². The zero-order valence-corrected chi connectivity index (χ0v) is 20.0. The minimum absolute atomic E-state index is 0.463. The highest BCUT2D eigenvalue weighted by Crippen LogP contribution is 2.28. The highest BCUT2D eigenvalue weighted by Gasteiger charge is 2.11. The van der Waals surface area contributed by atoms with Crippen LogP contribution in [0.3, 0.4) is 0 Å². The van der Waals surface area contributed by atoms with Crippen molar-refractivity contribution in [2.24, 2.45) is 10.1 Å². The zero-order valence-electron chi connectivity index (χ0n) is 17.6. The number of aromatic nitrogens is 1. The summed E-state index contributed by atoms with van der Waals surface area (Å²) in [5.41, 5.74) is 2.28. The summed E-state index contributed by atoms with van der Waals surface area (Å²) in [5.74, 6) is 2.22. The average molecular weight is 506 g/mol. The topological polar surface area (TPSA) is 52.0 Å². The molecule has 5 aromatic rings. The summed E-state index contributed by atoms with van der Waals surface area (Å²) in [6.45, 7) is 0. The standard InChI is InChI=1S/C26H17Cl2N3O2S/c27-19-10-13-23(22(28)15-19)30-26-31(24(17-34-26)25-7-4-14-32-25)29-16-18-8-11-21(12-9-18)33-20-5-2-1-3-6-20/h1-17H. The molecule has 0 atom stereocenters. The molecule has 0 unspecified atom stereocenters. The summed E-state index contributed by atoms with van der Waals surface area (Å²) in [6.07, 6.45) is 3.38. The lowest BCUT2D eigenvalue weighted by atomic mass is 10.2. The van der Waals surface area contributed by atoms with Crippen molar-refractivity contribution in [2.45, 2.75) is 0 Å². The fraction of sp³-hybridized carbons (Fsp3) is 0. The van der Waals surface area contributed by atoms with E-state index in [0.717, 1.165) is 22.8 Å². The van der Waals surface area contributed by atoms with Crippen LogP contribution in [0.4, 0.5) is 5.69 Å². The van der Waals surface area contributed by atoms with Crippen LogP contribution in [0.5, 0.6) is 11.5 Å². The minimum atomic E-state index is 0.463. The third-order valence-electron chi connectivity index (χ3n) is 4.77. The van der Waals surface area contributed by atoms with Crippen molar-refractivity contribution in [3.8, 4) is 23.0 Å². The van der Waals surface area contributed by atoms with Gasteiger partial charge in [0.05, 0.1) is 23.2 Å². The second-order valence-corrected chi connectivity index (χ2v) is 8.81. The third kappa shape index (κ3) is 5.15. The lowest BCUT2D eigenvalue weighted by molar-refractivity contribution is 0.482. The van der Waals surface area contributed by atoms with Crippen LogP contribution >= 0.6 is 34.5 Å². The lowest BCUT2D eigenvalue weighted by Gasteiger charge is -2.05. The van der Waals surface area contributed by atoms with E-state index in [2.05, 4.69) is 5.10 Å². The molecule has 5 nitrogen and oxygen atoms in total. The van der Waals surface area contributed by atoms with E-state index >= 15 is 0 Å². The Hall–Kier alpha value is -3.58. The molecule has 5 rings (SSSR count). The molecule has 0 saturated heterocycles. The summed E-state index contributed by atoms with van der Waals surface area (Å²) in [7, 11) is 0. The van der Waals surface area contributed by atoms with Crippen LogP contribution < -0.4 is 9.54 Å². The Balaban J connectivity index is 1.47. The number of para-hydroxylation sites is 1. The van der Waals surface area contributed by atoms with E-state index in [1.54, 1.807) is 35.4 Å². The molecule has 168 valence electrons. The maximum atomic E-state index is 6.33. The van der Waals surface area contributed by atoms with Crippen LogP contribution in [0.2, 0.25) is 10.0 Å². The van der Waals surface area contributed by atoms with Crippen LogP contribution in [0.1, 0.15) is 5.56 Å². The molecule has 2 aromatic heterocycles. The molecular formula is C26H17Cl2N3O2S. The molecule has 0 bridgehead atoms. The van der Waals surface area contributed by atoms with E-state index in [9.17, 15) is 0 Å². The van der Waals surface area contributed by atoms with E-state index in [4.69, 9.17) is 37.3 Å². The molecule has 0 aliphatic heterocycles. The van der Waals surface area contributed by atoms with Gasteiger partial charge in [-0.05, 0) is 72.3 Å². The Bertz CT molecular complexity index is 1490. The number of thiazole rings is 1. The fourth-order valence-electron chi connectivity index (χ4n) is 3.13. The monoisotopic (exact) mass is 505 g/mol. The van der Waals surface area contributed by atoms with Crippen LogP contribution in [-0.2, 0) is 0 Å². The summed E-state index contributed by atoms with van der Waals surface area (Å²) in [4.78, 5) is 5.34. The van der Waals surface area contributed by atoms with E-state index < -0.39 is 0 Å². The third-order valence-corrected chi connectivity index (χ3v) is 6.12. The number of furan rings is 1. The fourth-order valence-corrected chi connectivity index (χ4v) is 4.41. The second-order valence-electron chi connectivity index (χ2n) is 7.13. The number of ether oxygens (including phenoxy) is 1. The molecule has 0 N–H and O–H groups in total. The minimum Gasteiger partial charge on any atom is -0.463 e. The number of hydrogen-bond donors (Lipinski definition) is 0. The molecule has 2 heterocycles. The molecular weight excluding hydrogens is 489 g/mol. The first-order valence-corrected chi connectivity index (χ1v) is 11.9. The zero-order chi connectivity index (χ0) is 23.3. The normalized spacial score (nSPS) is 11.9. The number of nitrogens with zero attached hydrogens (tertiary/aromatic N) is 3. The molecule has 3 aromatic carbocycles. The van der Waals surface area contributed by atoms with Gasteiger partial charge in [0.2, 0.25) is 4.80 Å². The van der Waals surface area contributed by atoms with Crippen molar-refractivity contribution in [1.29, 1.82) is 0 Å². The van der Waals surface area contributed by atoms with Crippen molar-refractivity contribution in [1.82, 2.24) is 4.68 Å². The molecule has 0 aliphatic carbocycles. The maximum absolute atomic E-state index is 6.33. The van der Waals surface area contributed by atoms with Crippen molar-refractivity contribution in [3.63, 3.8) is 0 Å². The van der Waals surface area contributed by atoms with Gasteiger partial charge >= 0.3 is 0 Å². The van der Waals surface area contributed by atoms with Crippen LogP contribution in [0.25, 0.3) is 11.5 Å². The van der Waals surface area contributed by atoms with Crippen LogP contribution in [-0.4, -0.2) is 10.9 Å². The van der Waals surface area contributed by atoms with Gasteiger partial charge in [0, 0.05) is 10.4 Å². The molecule has 0 radical (unpaired) electrons. The van der Waals surface area contributed by atoms with Crippen LogP contribution in [0, 0.1) is 0 Å². The quantitative estimate of drug-likeness (QED) is 0.219. The van der Waals surface area contributed by atoms with Gasteiger partial charge in [-0.25, -0.2) is 9.67 Å². The highest BCUT2D eigenvalue weighted by atomic mass is 35.5. The largest absolute Gasteiger partial charge is 0.463 e. The Morgan fingerprint density at radius 3 is 2.41 bits per heavy atom. The Kier molecular flexibility index (Phi) is 6.62. The first-order valence-electron chi connectivity index (χ1n) is 10.3. The van der Waals surface area contributed by atoms with Gasteiger partial charge in [0.25, 0.3) is 0 Å². The van der Waals surface area contributed by atoms with Gasteiger partial charge in [-0.3, -0.25) is 0 Å². The molecule has 0 spiro atoms. The lowest BCUT2D eigenvalue weighted by Crippen LogP contribution is -2.11. The van der Waals surface area contributed by atoms with Gasteiger partial charge < -0.3 is 9.15 Å². The van der Waals surface area contributed by atoms with E-state index in [1.165, 1.54) is 11.3 Å². The van der Waals surface area contributed by atoms with Gasteiger partial charge in [-0.1, -0.05) is 41.4 Å². The predicted molar refractivity (Wildman–Crippen MR) is 138 cm³/mol. The smallest absolute Gasteiger partial charge is 0.211 e. The van der Waals surface area contributed by atoms with Gasteiger partial charge in [0.1, 0.15) is 17.2 Å². The van der Waals surface area contributed by atoms with Gasteiger partial charge in [-0.15, -0.1) is 11.3 Å². The molecule has 0 fully saturated rings. The first-order chi connectivity index (χ1) is 16.7. The Morgan fingerprint density at radius 1 is 0.882 bits per heavy atom. The SMILES string of the molecule is Clc1ccc(N=c2scc(-c3ccco3)n2N=Cc2ccc(Oc3ccccc3)cc2)c(Cl)c1.